The van der Waals surface area contributed by atoms with Crippen LogP contribution in [0, 0.1) is 0 Å². The van der Waals surface area contributed by atoms with Crippen molar-refractivity contribution in [2.45, 2.75) is 11.5 Å². The van der Waals surface area contributed by atoms with E-state index in [0.717, 1.165) is 10.5 Å². The Labute approximate surface area is 59.7 Å². The second kappa shape index (κ2) is 2.80. The molecule has 0 amide bonds. The lowest BCUT2D eigenvalue weighted by atomic mass is 10.2. The summed E-state index contributed by atoms with van der Waals surface area (Å²) in [5.74, 6) is 0. The van der Waals surface area contributed by atoms with E-state index < -0.39 is 0 Å². The molecule has 1 nitrogen and oxygen atoms in total. The molecule has 1 rings (SSSR count). The second-order valence-electron chi connectivity index (χ2n) is 1.77. The maximum Gasteiger partial charge on any atom is 0.0695 e. The highest BCUT2D eigenvalue weighted by Gasteiger charge is 1.92. The van der Waals surface area contributed by atoms with E-state index in [-0.39, 0.29) is 6.61 Å². The Balaban J connectivity index is 3.01. The Bertz CT molecular complexity index is 198. The smallest absolute Gasteiger partial charge is 0.0695 e. The molecule has 0 bridgehead atoms. The molecule has 0 heterocycles. The molecular formula is C7H7OS. The van der Waals surface area contributed by atoms with Gasteiger partial charge in [0, 0.05) is 4.90 Å². The monoisotopic (exact) mass is 139 g/mol. The lowest BCUT2D eigenvalue weighted by Crippen LogP contribution is -1.82. The van der Waals surface area contributed by atoms with Gasteiger partial charge in [-0.3, -0.25) is 0 Å². The lowest BCUT2D eigenvalue weighted by molar-refractivity contribution is 0.279. The maximum absolute atomic E-state index is 8.65. The molecule has 0 aliphatic heterocycles. The zero-order valence-corrected chi connectivity index (χ0v) is 5.69. The average molecular weight is 139 g/mol. The zero-order valence-electron chi connectivity index (χ0n) is 4.87. The van der Waals surface area contributed by atoms with Crippen LogP contribution in [0.3, 0.4) is 0 Å². The van der Waals surface area contributed by atoms with E-state index in [1.54, 1.807) is 6.07 Å². The normalized spacial score (nSPS) is 9.44. The number of hydrogen-bond acceptors (Lipinski definition) is 1. The summed E-state index contributed by atoms with van der Waals surface area (Å²) in [4.78, 5) is 0.736. The van der Waals surface area contributed by atoms with Crippen LogP contribution < -0.4 is 0 Å². The fraction of sp³-hybridized carbons (Fsp3) is 0.143. The standard InChI is InChI=1S/C7H7OS/c8-5-6-3-1-2-4-7(6)9/h1-4,8H,5H2. The number of aliphatic hydroxyl groups is 1. The van der Waals surface area contributed by atoms with Gasteiger partial charge in [-0.2, -0.15) is 0 Å². The average Bonchev–Trinajstić information content (AvgIpc) is 1.89. The molecule has 0 aliphatic rings. The molecule has 1 radical (unpaired) electrons. The van der Waals surface area contributed by atoms with Crippen molar-refractivity contribution in [2.24, 2.45) is 0 Å². The van der Waals surface area contributed by atoms with Crippen molar-refractivity contribution in [3.05, 3.63) is 29.8 Å². The third-order valence-corrected chi connectivity index (χ3v) is 1.54. The molecule has 0 spiro atoms. The summed E-state index contributed by atoms with van der Waals surface area (Å²) in [5.41, 5.74) is 0.826. The molecule has 0 aromatic heterocycles. The molecule has 0 aliphatic carbocycles. The van der Waals surface area contributed by atoms with Crippen LogP contribution in [0.1, 0.15) is 5.56 Å². The van der Waals surface area contributed by atoms with E-state index in [0.29, 0.717) is 0 Å². The van der Waals surface area contributed by atoms with Crippen molar-refractivity contribution >= 4 is 12.6 Å². The van der Waals surface area contributed by atoms with Gasteiger partial charge in [0.25, 0.3) is 0 Å². The van der Waals surface area contributed by atoms with Crippen molar-refractivity contribution in [1.29, 1.82) is 0 Å². The van der Waals surface area contributed by atoms with Gasteiger partial charge in [0.1, 0.15) is 0 Å². The first-order chi connectivity index (χ1) is 4.34. The first kappa shape index (κ1) is 6.52. The number of aliphatic hydroxyl groups excluding tert-OH is 1. The molecule has 0 atom stereocenters. The number of rotatable bonds is 1. The van der Waals surface area contributed by atoms with Crippen LogP contribution in [-0.2, 0) is 6.61 Å². The van der Waals surface area contributed by atoms with Gasteiger partial charge in [-0.15, -0.1) is 0 Å². The van der Waals surface area contributed by atoms with E-state index in [9.17, 15) is 0 Å². The van der Waals surface area contributed by atoms with Gasteiger partial charge in [-0.25, -0.2) is 0 Å². The van der Waals surface area contributed by atoms with Crippen LogP contribution in [-0.4, -0.2) is 5.11 Å². The van der Waals surface area contributed by atoms with Crippen LogP contribution in [0.25, 0.3) is 0 Å². The van der Waals surface area contributed by atoms with Crippen LogP contribution in [0.2, 0.25) is 0 Å². The van der Waals surface area contributed by atoms with Crippen LogP contribution >= 0.6 is 12.6 Å². The van der Waals surface area contributed by atoms with Gasteiger partial charge in [-0.05, 0) is 11.6 Å². The molecule has 1 aromatic carbocycles. The topological polar surface area (TPSA) is 20.2 Å². The number of hydrogen-bond donors (Lipinski definition) is 1. The SMILES string of the molecule is OCc1ccccc1[S]. The molecular weight excluding hydrogens is 132 g/mol. The molecule has 1 aromatic rings. The molecule has 0 saturated carbocycles. The first-order valence-electron chi connectivity index (χ1n) is 2.70. The van der Waals surface area contributed by atoms with Crippen molar-refractivity contribution in [3.8, 4) is 0 Å². The largest absolute Gasteiger partial charge is 0.392 e. The Morgan fingerprint density at radius 1 is 1.33 bits per heavy atom. The Hall–Kier alpha value is -0.600. The summed E-state index contributed by atoms with van der Waals surface area (Å²) in [6.45, 7) is 0.0413. The minimum atomic E-state index is 0.0413. The van der Waals surface area contributed by atoms with Gasteiger partial charge in [0.05, 0.1) is 6.61 Å². The maximum atomic E-state index is 8.65. The third kappa shape index (κ3) is 1.40. The van der Waals surface area contributed by atoms with Crippen LogP contribution in [0.15, 0.2) is 29.2 Å². The Morgan fingerprint density at radius 3 is 2.44 bits per heavy atom. The van der Waals surface area contributed by atoms with E-state index in [1.807, 2.05) is 18.2 Å². The van der Waals surface area contributed by atoms with Crippen molar-refractivity contribution in [1.82, 2.24) is 0 Å². The van der Waals surface area contributed by atoms with Crippen LogP contribution in [0.4, 0.5) is 0 Å². The van der Waals surface area contributed by atoms with Crippen LogP contribution in [0.5, 0.6) is 0 Å². The summed E-state index contributed by atoms with van der Waals surface area (Å²) in [6, 6.07) is 7.35. The quantitative estimate of drug-likeness (QED) is 0.628. The lowest BCUT2D eigenvalue weighted by Gasteiger charge is -1.95. The summed E-state index contributed by atoms with van der Waals surface area (Å²) in [5, 5.41) is 8.65. The fourth-order valence-corrected chi connectivity index (χ4v) is 0.846. The summed E-state index contributed by atoms with van der Waals surface area (Å²) in [7, 11) is 0. The second-order valence-corrected chi connectivity index (χ2v) is 2.21. The van der Waals surface area contributed by atoms with Gasteiger partial charge >= 0.3 is 0 Å². The third-order valence-electron chi connectivity index (χ3n) is 1.14. The van der Waals surface area contributed by atoms with Crippen molar-refractivity contribution < 1.29 is 5.11 Å². The molecule has 47 valence electrons. The first-order valence-corrected chi connectivity index (χ1v) is 3.11. The highest BCUT2D eigenvalue weighted by molar-refractivity contribution is 7.80. The Morgan fingerprint density at radius 2 is 2.00 bits per heavy atom. The Kier molecular flexibility index (Phi) is 2.03. The highest BCUT2D eigenvalue weighted by atomic mass is 32.1. The predicted octanol–water partition coefficient (Wildman–Crippen LogP) is 1.74. The predicted molar refractivity (Wildman–Crippen MR) is 38.2 cm³/mol. The minimum Gasteiger partial charge on any atom is -0.392 e. The molecule has 2 heteroatoms. The minimum absolute atomic E-state index is 0.0413. The van der Waals surface area contributed by atoms with Gasteiger partial charge in [0.15, 0.2) is 0 Å². The fourth-order valence-electron chi connectivity index (χ4n) is 0.634. The molecule has 0 unspecified atom stereocenters. The summed E-state index contributed by atoms with van der Waals surface area (Å²) in [6.07, 6.45) is 0. The molecule has 9 heavy (non-hydrogen) atoms. The van der Waals surface area contributed by atoms with Crippen molar-refractivity contribution in [2.75, 3.05) is 0 Å². The van der Waals surface area contributed by atoms with E-state index in [4.69, 9.17) is 17.7 Å². The van der Waals surface area contributed by atoms with E-state index >= 15 is 0 Å². The number of benzene rings is 1. The summed E-state index contributed by atoms with van der Waals surface area (Å²) >= 11 is 4.89. The van der Waals surface area contributed by atoms with E-state index in [2.05, 4.69) is 0 Å². The zero-order chi connectivity index (χ0) is 6.69. The molecule has 0 saturated heterocycles. The van der Waals surface area contributed by atoms with E-state index in [1.165, 1.54) is 0 Å². The molecule has 0 fully saturated rings. The van der Waals surface area contributed by atoms with Gasteiger partial charge < -0.3 is 5.11 Å². The summed E-state index contributed by atoms with van der Waals surface area (Å²) < 4.78 is 0. The van der Waals surface area contributed by atoms with Gasteiger partial charge in [0.2, 0.25) is 0 Å². The highest BCUT2D eigenvalue weighted by Crippen LogP contribution is 2.11. The van der Waals surface area contributed by atoms with Crippen molar-refractivity contribution in [3.63, 3.8) is 0 Å². The molecule has 1 N–H and O–H groups in total. The van der Waals surface area contributed by atoms with Gasteiger partial charge in [-0.1, -0.05) is 30.8 Å².